The van der Waals surface area contributed by atoms with Crippen molar-refractivity contribution in [1.82, 2.24) is 0 Å². The molecule has 2 rings (SSSR count). The highest BCUT2D eigenvalue weighted by Crippen LogP contribution is 2.29. The predicted octanol–water partition coefficient (Wildman–Crippen LogP) is 1.98. The van der Waals surface area contributed by atoms with Crippen molar-refractivity contribution in [1.29, 1.82) is 0 Å². The summed E-state index contributed by atoms with van der Waals surface area (Å²) < 4.78 is 37.0. The first kappa shape index (κ1) is 13.2. The largest absolute Gasteiger partial charge is 0.223 e. The normalized spacial score (nSPS) is 21.0. The van der Waals surface area contributed by atoms with Gasteiger partial charge in [-0.1, -0.05) is 6.92 Å². The van der Waals surface area contributed by atoms with Crippen molar-refractivity contribution in [3.05, 3.63) is 30.1 Å². The standard InChI is InChI=1S/C11H13FN2O2S2/c1-2-17-8-13-14-11(17)7-18(15,16)10-5-3-9(12)4-6-10/h3-6,8,17H,2,7H2,1H3. The first-order valence-corrected chi connectivity index (χ1v) is 8.63. The number of nitrogens with zero attached hydrogens (tertiary/aromatic N) is 2. The van der Waals surface area contributed by atoms with E-state index < -0.39 is 26.5 Å². The lowest BCUT2D eigenvalue weighted by atomic mass is 10.4. The van der Waals surface area contributed by atoms with Crippen LogP contribution in [-0.4, -0.2) is 30.5 Å². The summed E-state index contributed by atoms with van der Waals surface area (Å²) in [6, 6.07) is 4.83. The van der Waals surface area contributed by atoms with E-state index in [1.54, 1.807) is 5.55 Å². The lowest BCUT2D eigenvalue weighted by Gasteiger charge is -2.12. The maximum absolute atomic E-state index is 12.8. The van der Waals surface area contributed by atoms with Crippen LogP contribution in [0.4, 0.5) is 4.39 Å². The molecule has 4 nitrogen and oxygen atoms in total. The molecular formula is C11H13FN2O2S2. The molecule has 18 heavy (non-hydrogen) atoms. The molecule has 0 N–H and O–H groups in total. The number of hydrogen-bond donors (Lipinski definition) is 1. The Kier molecular flexibility index (Phi) is 3.82. The minimum absolute atomic E-state index is 0.115. The molecule has 0 spiro atoms. The number of benzene rings is 1. The Balaban J connectivity index is 2.20. The molecule has 0 amide bonds. The van der Waals surface area contributed by atoms with Gasteiger partial charge in [0, 0.05) is 0 Å². The van der Waals surface area contributed by atoms with Crippen LogP contribution in [-0.2, 0) is 9.84 Å². The Morgan fingerprint density at radius 2 is 1.94 bits per heavy atom. The Morgan fingerprint density at radius 1 is 1.28 bits per heavy atom. The Labute approximate surface area is 108 Å². The van der Waals surface area contributed by atoms with Gasteiger partial charge in [0.05, 0.1) is 15.5 Å². The molecule has 0 aliphatic carbocycles. The van der Waals surface area contributed by atoms with Crippen LogP contribution < -0.4 is 0 Å². The number of halogens is 1. The van der Waals surface area contributed by atoms with Crippen LogP contribution in [0, 0.1) is 5.82 Å². The van der Waals surface area contributed by atoms with Gasteiger partial charge in [-0.25, -0.2) is 12.8 Å². The monoisotopic (exact) mass is 288 g/mol. The fraction of sp³-hybridized carbons (Fsp3) is 0.273. The van der Waals surface area contributed by atoms with E-state index in [1.807, 2.05) is 6.92 Å². The molecule has 7 heteroatoms. The molecule has 0 fully saturated rings. The van der Waals surface area contributed by atoms with Gasteiger partial charge in [-0.05, 0) is 30.0 Å². The summed E-state index contributed by atoms with van der Waals surface area (Å²) in [6.45, 7) is 1.98. The first-order chi connectivity index (χ1) is 8.53. The third-order valence-electron chi connectivity index (χ3n) is 2.53. The van der Waals surface area contributed by atoms with Crippen LogP contribution in [0.5, 0.6) is 0 Å². The molecule has 1 heterocycles. The van der Waals surface area contributed by atoms with Crippen molar-refractivity contribution in [3.63, 3.8) is 0 Å². The van der Waals surface area contributed by atoms with Gasteiger partial charge < -0.3 is 0 Å². The minimum atomic E-state index is -3.46. The highest BCUT2D eigenvalue weighted by Gasteiger charge is 2.22. The lowest BCUT2D eigenvalue weighted by molar-refractivity contribution is 0.598. The highest BCUT2D eigenvalue weighted by atomic mass is 32.2. The molecule has 1 aliphatic heterocycles. The summed E-state index contributed by atoms with van der Waals surface area (Å²) in [4.78, 5) is 0.115. The van der Waals surface area contributed by atoms with Crippen LogP contribution in [0.2, 0.25) is 0 Å². The Morgan fingerprint density at radius 3 is 2.56 bits per heavy atom. The zero-order valence-electron chi connectivity index (χ0n) is 9.75. The van der Waals surface area contributed by atoms with Gasteiger partial charge in [0.2, 0.25) is 0 Å². The second kappa shape index (κ2) is 5.19. The second-order valence-corrected chi connectivity index (χ2v) is 8.05. The van der Waals surface area contributed by atoms with Crippen molar-refractivity contribution >= 4 is 31.3 Å². The summed E-state index contributed by atoms with van der Waals surface area (Å²) in [7, 11) is -4.13. The summed E-state index contributed by atoms with van der Waals surface area (Å²) in [5.41, 5.74) is 1.71. The van der Waals surface area contributed by atoms with E-state index >= 15 is 0 Å². The van der Waals surface area contributed by atoms with Gasteiger partial charge in [0.25, 0.3) is 0 Å². The Hall–Kier alpha value is -1.21. The molecule has 0 saturated heterocycles. The van der Waals surface area contributed by atoms with E-state index in [-0.39, 0.29) is 10.6 Å². The zero-order valence-corrected chi connectivity index (χ0v) is 11.5. The summed E-state index contributed by atoms with van der Waals surface area (Å²) >= 11 is 0. The number of thiol groups is 1. The number of rotatable bonds is 4. The Bertz CT molecular complexity index is 594. The van der Waals surface area contributed by atoms with Crippen molar-refractivity contribution in [2.24, 2.45) is 10.2 Å². The molecule has 1 aromatic rings. The van der Waals surface area contributed by atoms with Crippen LogP contribution in [0.15, 0.2) is 39.4 Å². The van der Waals surface area contributed by atoms with Crippen LogP contribution in [0.1, 0.15) is 6.92 Å². The third kappa shape index (κ3) is 2.78. The van der Waals surface area contributed by atoms with E-state index in [1.165, 1.54) is 12.1 Å². The third-order valence-corrected chi connectivity index (χ3v) is 6.36. The molecule has 0 aromatic heterocycles. The minimum Gasteiger partial charge on any atom is -0.223 e. The molecule has 1 atom stereocenters. The molecule has 98 valence electrons. The number of hydrogen-bond acceptors (Lipinski definition) is 4. The van der Waals surface area contributed by atoms with E-state index in [9.17, 15) is 12.8 Å². The van der Waals surface area contributed by atoms with Crippen molar-refractivity contribution < 1.29 is 12.8 Å². The predicted molar refractivity (Wildman–Crippen MR) is 73.9 cm³/mol. The zero-order chi connectivity index (χ0) is 13.2. The topological polar surface area (TPSA) is 58.9 Å². The molecular weight excluding hydrogens is 275 g/mol. The molecule has 1 unspecified atom stereocenters. The first-order valence-electron chi connectivity index (χ1n) is 5.38. The lowest BCUT2D eigenvalue weighted by Crippen LogP contribution is -2.16. The van der Waals surface area contributed by atoms with E-state index in [4.69, 9.17) is 0 Å². The molecule has 1 aromatic carbocycles. The van der Waals surface area contributed by atoms with Gasteiger partial charge in [-0.15, -0.1) is 5.10 Å². The van der Waals surface area contributed by atoms with Crippen LogP contribution >= 0.6 is 10.9 Å². The van der Waals surface area contributed by atoms with Crippen molar-refractivity contribution in [2.45, 2.75) is 11.8 Å². The van der Waals surface area contributed by atoms with Crippen molar-refractivity contribution in [3.8, 4) is 0 Å². The van der Waals surface area contributed by atoms with Crippen molar-refractivity contribution in [2.75, 3.05) is 11.5 Å². The van der Waals surface area contributed by atoms with Gasteiger partial charge in [-0.2, -0.15) is 16.0 Å². The van der Waals surface area contributed by atoms with E-state index in [0.29, 0.717) is 5.04 Å². The number of sulfone groups is 1. The van der Waals surface area contributed by atoms with Gasteiger partial charge in [0.1, 0.15) is 11.6 Å². The fourth-order valence-corrected chi connectivity index (χ4v) is 4.84. The molecule has 0 saturated carbocycles. The van der Waals surface area contributed by atoms with Gasteiger partial charge in [0.15, 0.2) is 9.84 Å². The average Bonchev–Trinajstić information content (AvgIpc) is 2.76. The van der Waals surface area contributed by atoms with E-state index in [0.717, 1.165) is 17.9 Å². The molecule has 0 bridgehead atoms. The quantitative estimate of drug-likeness (QED) is 0.680. The van der Waals surface area contributed by atoms with Crippen LogP contribution in [0.3, 0.4) is 0 Å². The van der Waals surface area contributed by atoms with Gasteiger partial charge in [-0.3, -0.25) is 0 Å². The highest BCUT2D eigenvalue weighted by molar-refractivity contribution is 8.40. The summed E-state index contributed by atoms with van der Waals surface area (Å²) in [5.74, 6) is 0.237. The fourth-order valence-electron chi connectivity index (χ4n) is 1.55. The smallest absolute Gasteiger partial charge is 0.184 e. The average molecular weight is 288 g/mol. The second-order valence-electron chi connectivity index (χ2n) is 3.75. The maximum atomic E-state index is 12.8. The van der Waals surface area contributed by atoms with Crippen LogP contribution in [0.25, 0.3) is 0 Å². The maximum Gasteiger partial charge on any atom is 0.184 e. The summed E-state index contributed by atoms with van der Waals surface area (Å²) in [6.07, 6.45) is 0. The van der Waals surface area contributed by atoms with E-state index in [2.05, 4.69) is 10.2 Å². The molecule has 0 radical (unpaired) electrons. The SMILES string of the molecule is CC[SH]1C=NN=C1CS(=O)(=O)c1ccc(F)cc1. The molecule has 1 aliphatic rings. The summed E-state index contributed by atoms with van der Waals surface area (Å²) in [5, 5.41) is 8.26. The van der Waals surface area contributed by atoms with Gasteiger partial charge >= 0.3 is 0 Å².